The Morgan fingerprint density at radius 3 is 2.62 bits per heavy atom. The number of hydrogen-bond acceptors (Lipinski definition) is 2. The lowest BCUT2D eigenvalue weighted by Gasteiger charge is -2.23. The number of aromatic nitrogens is 2. The van der Waals surface area contributed by atoms with Crippen LogP contribution in [0.3, 0.4) is 0 Å². The summed E-state index contributed by atoms with van der Waals surface area (Å²) in [7, 11) is 0. The molecule has 2 heterocycles. The van der Waals surface area contributed by atoms with Gasteiger partial charge in [-0.3, -0.25) is 4.68 Å². The van der Waals surface area contributed by atoms with Gasteiger partial charge in [-0.15, -0.1) is 0 Å². The smallest absolute Gasteiger partial charge is 0.0596 e. The normalized spacial score (nSPS) is 19.2. The average Bonchev–Trinajstić information content (AvgIpc) is 2.47. The monoisotopic (exact) mass is 180 g/mol. The van der Waals surface area contributed by atoms with E-state index in [4.69, 9.17) is 4.74 Å². The van der Waals surface area contributed by atoms with Gasteiger partial charge in [-0.1, -0.05) is 0 Å². The van der Waals surface area contributed by atoms with E-state index in [9.17, 15) is 0 Å². The molecule has 0 saturated carbocycles. The molecule has 72 valence electrons. The van der Waals surface area contributed by atoms with Gasteiger partial charge in [0, 0.05) is 18.9 Å². The summed E-state index contributed by atoms with van der Waals surface area (Å²) in [4.78, 5) is 0. The van der Waals surface area contributed by atoms with Crippen molar-refractivity contribution in [2.24, 2.45) is 0 Å². The van der Waals surface area contributed by atoms with Crippen LogP contribution in [0.5, 0.6) is 0 Å². The molecule has 1 aromatic heterocycles. The van der Waals surface area contributed by atoms with Crippen molar-refractivity contribution in [3.05, 3.63) is 17.5 Å². The second-order valence-corrected chi connectivity index (χ2v) is 3.72. The molecule has 13 heavy (non-hydrogen) atoms. The molecule has 0 amide bonds. The molecule has 1 saturated heterocycles. The first kappa shape index (κ1) is 8.75. The largest absolute Gasteiger partial charge is 0.381 e. The zero-order chi connectivity index (χ0) is 9.26. The molecule has 1 aliphatic heterocycles. The van der Waals surface area contributed by atoms with Crippen molar-refractivity contribution in [1.29, 1.82) is 0 Å². The summed E-state index contributed by atoms with van der Waals surface area (Å²) in [6, 6.07) is 2.69. The predicted octanol–water partition coefficient (Wildman–Crippen LogP) is 1.85. The topological polar surface area (TPSA) is 27.1 Å². The van der Waals surface area contributed by atoms with E-state index in [2.05, 4.69) is 22.8 Å². The molecule has 1 aromatic rings. The molecule has 0 bridgehead atoms. The zero-order valence-corrected chi connectivity index (χ0v) is 8.29. The molecule has 0 aromatic carbocycles. The summed E-state index contributed by atoms with van der Waals surface area (Å²) in [6.45, 7) is 5.92. The molecule has 0 N–H and O–H groups in total. The van der Waals surface area contributed by atoms with Crippen LogP contribution in [0, 0.1) is 13.8 Å². The zero-order valence-electron chi connectivity index (χ0n) is 8.29. The number of aryl methyl sites for hydroxylation is 2. The Kier molecular flexibility index (Phi) is 2.36. The van der Waals surface area contributed by atoms with Crippen LogP contribution >= 0.6 is 0 Å². The molecule has 0 radical (unpaired) electrons. The van der Waals surface area contributed by atoms with Gasteiger partial charge in [-0.2, -0.15) is 5.10 Å². The molecule has 1 aliphatic rings. The molecule has 0 aliphatic carbocycles. The second-order valence-electron chi connectivity index (χ2n) is 3.72. The Balaban J connectivity index is 2.18. The first-order valence-electron chi connectivity index (χ1n) is 4.88. The van der Waals surface area contributed by atoms with E-state index >= 15 is 0 Å². The molecule has 0 atom stereocenters. The quantitative estimate of drug-likeness (QED) is 0.659. The first-order valence-corrected chi connectivity index (χ1v) is 4.88. The van der Waals surface area contributed by atoms with Crippen molar-refractivity contribution in [1.82, 2.24) is 9.78 Å². The molecule has 0 unspecified atom stereocenters. The van der Waals surface area contributed by atoms with Crippen LogP contribution in [-0.2, 0) is 4.74 Å². The van der Waals surface area contributed by atoms with Crippen LogP contribution in [0.4, 0.5) is 0 Å². The van der Waals surface area contributed by atoms with Gasteiger partial charge < -0.3 is 4.74 Å². The van der Waals surface area contributed by atoms with Crippen LogP contribution in [-0.4, -0.2) is 23.0 Å². The standard InChI is InChI=1S/C10H16N2O/c1-8-7-9(2)12(11-8)10-3-5-13-6-4-10/h7,10H,3-6H2,1-2H3. The first-order chi connectivity index (χ1) is 6.27. The van der Waals surface area contributed by atoms with Gasteiger partial charge in [0.2, 0.25) is 0 Å². The van der Waals surface area contributed by atoms with E-state index in [-0.39, 0.29) is 0 Å². The lowest BCUT2D eigenvalue weighted by Crippen LogP contribution is -2.21. The van der Waals surface area contributed by atoms with Crippen molar-refractivity contribution < 1.29 is 4.74 Å². The van der Waals surface area contributed by atoms with Crippen molar-refractivity contribution >= 4 is 0 Å². The summed E-state index contributed by atoms with van der Waals surface area (Å²) < 4.78 is 7.48. The fourth-order valence-corrected chi connectivity index (χ4v) is 1.95. The van der Waals surface area contributed by atoms with Gasteiger partial charge in [0.25, 0.3) is 0 Å². The van der Waals surface area contributed by atoms with E-state index in [1.165, 1.54) is 5.69 Å². The Hall–Kier alpha value is -0.830. The van der Waals surface area contributed by atoms with Crippen molar-refractivity contribution in [3.8, 4) is 0 Å². The van der Waals surface area contributed by atoms with E-state index in [0.29, 0.717) is 6.04 Å². The molecule has 2 rings (SSSR count). The maximum atomic E-state index is 5.33. The summed E-state index contributed by atoms with van der Waals surface area (Å²) in [5.41, 5.74) is 2.38. The van der Waals surface area contributed by atoms with Gasteiger partial charge in [0.05, 0.1) is 11.7 Å². The Labute approximate surface area is 78.7 Å². The second kappa shape index (κ2) is 3.50. The van der Waals surface area contributed by atoms with Gasteiger partial charge in [-0.05, 0) is 32.8 Å². The van der Waals surface area contributed by atoms with E-state index in [1.807, 2.05) is 6.92 Å². The number of hydrogen-bond donors (Lipinski definition) is 0. The predicted molar refractivity (Wildman–Crippen MR) is 50.8 cm³/mol. The third kappa shape index (κ3) is 1.75. The molecular formula is C10H16N2O. The highest BCUT2D eigenvalue weighted by molar-refractivity contribution is 5.07. The van der Waals surface area contributed by atoms with Crippen molar-refractivity contribution in [2.75, 3.05) is 13.2 Å². The Bertz CT molecular complexity index is 287. The van der Waals surface area contributed by atoms with Crippen LogP contribution < -0.4 is 0 Å². The summed E-state index contributed by atoms with van der Waals surface area (Å²) in [6.07, 6.45) is 2.20. The minimum atomic E-state index is 0.558. The van der Waals surface area contributed by atoms with Crippen LogP contribution in [0.15, 0.2) is 6.07 Å². The third-order valence-corrected chi connectivity index (χ3v) is 2.58. The number of rotatable bonds is 1. The Morgan fingerprint density at radius 1 is 1.38 bits per heavy atom. The highest BCUT2D eigenvalue weighted by Crippen LogP contribution is 2.21. The SMILES string of the molecule is Cc1cc(C)n(C2CCOCC2)n1. The summed E-state index contributed by atoms with van der Waals surface area (Å²) in [5, 5.41) is 4.50. The maximum absolute atomic E-state index is 5.33. The summed E-state index contributed by atoms with van der Waals surface area (Å²) in [5.74, 6) is 0. The molecule has 3 nitrogen and oxygen atoms in total. The minimum Gasteiger partial charge on any atom is -0.381 e. The maximum Gasteiger partial charge on any atom is 0.0596 e. The van der Waals surface area contributed by atoms with E-state index < -0.39 is 0 Å². The van der Waals surface area contributed by atoms with E-state index in [0.717, 1.165) is 31.7 Å². The van der Waals surface area contributed by atoms with Crippen LogP contribution in [0.25, 0.3) is 0 Å². The van der Waals surface area contributed by atoms with Crippen molar-refractivity contribution in [3.63, 3.8) is 0 Å². The Morgan fingerprint density at radius 2 is 2.08 bits per heavy atom. The fourth-order valence-electron chi connectivity index (χ4n) is 1.95. The fraction of sp³-hybridized carbons (Fsp3) is 0.700. The average molecular weight is 180 g/mol. The van der Waals surface area contributed by atoms with Gasteiger partial charge >= 0.3 is 0 Å². The van der Waals surface area contributed by atoms with Crippen LogP contribution in [0.1, 0.15) is 30.3 Å². The van der Waals surface area contributed by atoms with Crippen LogP contribution in [0.2, 0.25) is 0 Å². The van der Waals surface area contributed by atoms with Crippen molar-refractivity contribution in [2.45, 2.75) is 32.7 Å². The molecule has 1 fully saturated rings. The van der Waals surface area contributed by atoms with E-state index in [1.54, 1.807) is 0 Å². The molecule has 3 heteroatoms. The van der Waals surface area contributed by atoms with Gasteiger partial charge in [0.15, 0.2) is 0 Å². The number of nitrogens with zero attached hydrogens (tertiary/aromatic N) is 2. The molecule has 0 spiro atoms. The highest BCUT2D eigenvalue weighted by atomic mass is 16.5. The van der Waals surface area contributed by atoms with Gasteiger partial charge in [0.1, 0.15) is 0 Å². The highest BCUT2D eigenvalue weighted by Gasteiger charge is 2.17. The lowest BCUT2D eigenvalue weighted by molar-refractivity contribution is 0.0656. The lowest BCUT2D eigenvalue weighted by atomic mass is 10.1. The number of ether oxygens (including phenoxy) is 1. The van der Waals surface area contributed by atoms with Gasteiger partial charge in [-0.25, -0.2) is 0 Å². The summed E-state index contributed by atoms with van der Waals surface area (Å²) >= 11 is 0. The minimum absolute atomic E-state index is 0.558. The third-order valence-electron chi connectivity index (χ3n) is 2.58. The molecular weight excluding hydrogens is 164 g/mol.